The first kappa shape index (κ1) is 12.1. The molecule has 1 N–H and O–H groups in total. The van der Waals surface area contributed by atoms with E-state index in [-0.39, 0.29) is 17.9 Å². The molecule has 0 bridgehead atoms. The standard InChI is InChI=1S/C10H14N2O4S/c13-9(14)7-10(12-4-3-11-8-12)1-5-17(15,16)6-2-10/h3-4,8H,1-2,5-7H2,(H,13,14). The molecule has 2 rings (SSSR count). The van der Waals surface area contributed by atoms with Crippen LogP contribution in [0.1, 0.15) is 19.3 Å². The van der Waals surface area contributed by atoms with Crippen LogP contribution in [-0.2, 0) is 20.2 Å². The average Bonchev–Trinajstić information content (AvgIpc) is 2.75. The molecule has 0 aliphatic carbocycles. The maximum atomic E-state index is 11.4. The van der Waals surface area contributed by atoms with E-state index in [2.05, 4.69) is 4.98 Å². The predicted octanol–water partition coefficient (Wildman–Crippen LogP) is 0.262. The van der Waals surface area contributed by atoms with Crippen molar-refractivity contribution in [1.29, 1.82) is 0 Å². The molecule has 1 fully saturated rings. The van der Waals surface area contributed by atoms with Gasteiger partial charge in [-0.25, -0.2) is 13.4 Å². The summed E-state index contributed by atoms with van der Waals surface area (Å²) >= 11 is 0. The molecule has 0 aromatic carbocycles. The SMILES string of the molecule is O=C(O)CC1(n2ccnc2)CCS(=O)(=O)CC1. The summed E-state index contributed by atoms with van der Waals surface area (Å²) in [6.07, 6.45) is 5.42. The Kier molecular flexibility index (Phi) is 2.94. The summed E-state index contributed by atoms with van der Waals surface area (Å²) in [5, 5.41) is 8.98. The van der Waals surface area contributed by atoms with Gasteiger partial charge in [0, 0.05) is 12.4 Å². The lowest BCUT2D eigenvalue weighted by atomic mass is 9.88. The van der Waals surface area contributed by atoms with Gasteiger partial charge in [-0.05, 0) is 12.8 Å². The Hall–Kier alpha value is -1.37. The zero-order valence-corrected chi connectivity index (χ0v) is 10.1. The number of aromatic nitrogens is 2. The molecule has 1 aromatic heterocycles. The van der Waals surface area contributed by atoms with Gasteiger partial charge in [0.05, 0.1) is 29.8 Å². The highest BCUT2D eigenvalue weighted by molar-refractivity contribution is 7.91. The van der Waals surface area contributed by atoms with E-state index >= 15 is 0 Å². The Morgan fingerprint density at radius 3 is 2.53 bits per heavy atom. The van der Waals surface area contributed by atoms with Crippen molar-refractivity contribution in [3.63, 3.8) is 0 Å². The lowest BCUT2D eigenvalue weighted by Gasteiger charge is -2.37. The molecule has 17 heavy (non-hydrogen) atoms. The predicted molar refractivity (Wildman–Crippen MR) is 60.3 cm³/mol. The van der Waals surface area contributed by atoms with Crippen LogP contribution in [0.25, 0.3) is 0 Å². The second-order valence-electron chi connectivity index (χ2n) is 4.42. The quantitative estimate of drug-likeness (QED) is 0.840. The summed E-state index contributed by atoms with van der Waals surface area (Å²) in [5.74, 6) is -0.838. The molecule has 1 aliphatic rings. The normalized spacial score (nSPS) is 22.1. The van der Waals surface area contributed by atoms with Gasteiger partial charge in [0.15, 0.2) is 0 Å². The molecule has 6 nitrogen and oxygen atoms in total. The summed E-state index contributed by atoms with van der Waals surface area (Å²) in [6, 6.07) is 0. The lowest BCUT2D eigenvalue weighted by molar-refractivity contribution is -0.139. The molecule has 1 aliphatic heterocycles. The van der Waals surface area contributed by atoms with Gasteiger partial charge in [-0.1, -0.05) is 0 Å². The van der Waals surface area contributed by atoms with Crippen LogP contribution in [0, 0.1) is 0 Å². The lowest BCUT2D eigenvalue weighted by Crippen LogP contribution is -2.43. The number of rotatable bonds is 3. The van der Waals surface area contributed by atoms with Crippen molar-refractivity contribution in [3.8, 4) is 0 Å². The Labute approximate surface area is 99.2 Å². The molecule has 1 saturated heterocycles. The van der Waals surface area contributed by atoms with Crippen molar-refractivity contribution in [1.82, 2.24) is 9.55 Å². The summed E-state index contributed by atoms with van der Waals surface area (Å²) < 4.78 is 24.6. The van der Waals surface area contributed by atoms with E-state index < -0.39 is 21.3 Å². The zero-order chi connectivity index (χ0) is 12.5. The smallest absolute Gasteiger partial charge is 0.305 e. The van der Waals surface area contributed by atoms with E-state index in [0.717, 1.165) is 0 Å². The third kappa shape index (κ3) is 2.49. The van der Waals surface area contributed by atoms with E-state index in [0.29, 0.717) is 12.8 Å². The first-order valence-corrected chi connectivity index (χ1v) is 7.16. The molecular weight excluding hydrogens is 244 g/mol. The summed E-state index contributed by atoms with van der Waals surface area (Å²) in [7, 11) is -3.01. The monoisotopic (exact) mass is 258 g/mol. The minimum Gasteiger partial charge on any atom is -0.481 e. The van der Waals surface area contributed by atoms with Gasteiger partial charge in [0.2, 0.25) is 0 Å². The number of hydrogen-bond acceptors (Lipinski definition) is 4. The van der Waals surface area contributed by atoms with Gasteiger partial charge in [-0.2, -0.15) is 0 Å². The maximum absolute atomic E-state index is 11.4. The molecule has 0 amide bonds. The largest absolute Gasteiger partial charge is 0.481 e. The van der Waals surface area contributed by atoms with E-state index in [9.17, 15) is 13.2 Å². The zero-order valence-electron chi connectivity index (χ0n) is 9.24. The molecular formula is C10H14N2O4S. The third-order valence-electron chi connectivity index (χ3n) is 3.29. The van der Waals surface area contributed by atoms with Crippen LogP contribution in [0.15, 0.2) is 18.7 Å². The van der Waals surface area contributed by atoms with Crippen molar-refractivity contribution in [2.24, 2.45) is 0 Å². The van der Waals surface area contributed by atoms with Gasteiger partial charge in [0.25, 0.3) is 0 Å². The van der Waals surface area contributed by atoms with Crippen molar-refractivity contribution < 1.29 is 18.3 Å². The van der Waals surface area contributed by atoms with E-state index in [4.69, 9.17) is 5.11 Å². The Bertz CT molecular complexity index is 492. The maximum Gasteiger partial charge on any atom is 0.305 e. The number of hydrogen-bond donors (Lipinski definition) is 1. The third-order valence-corrected chi connectivity index (χ3v) is 4.94. The molecule has 7 heteroatoms. The Morgan fingerprint density at radius 2 is 2.06 bits per heavy atom. The first-order valence-electron chi connectivity index (χ1n) is 5.34. The fraction of sp³-hybridized carbons (Fsp3) is 0.600. The van der Waals surface area contributed by atoms with Crippen LogP contribution < -0.4 is 0 Å². The molecule has 0 radical (unpaired) electrons. The van der Waals surface area contributed by atoms with Crippen LogP contribution in [0.5, 0.6) is 0 Å². The molecule has 1 aromatic rings. The number of sulfone groups is 1. The fourth-order valence-electron chi connectivity index (χ4n) is 2.27. The van der Waals surface area contributed by atoms with Gasteiger partial charge in [0.1, 0.15) is 9.84 Å². The number of carboxylic acids is 1. The molecule has 0 spiro atoms. The van der Waals surface area contributed by atoms with Crippen molar-refractivity contribution in [2.45, 2.75) is 24.8 Å². The van der Waals surface area contributed by atoms with Crippen molar-refractivity contribution in [2.75, 3.05) is 11.5 Å². The minimum atomic E-state index is -3.01. The molecule has 0 saturated carbocycles. The number of aliphatic carboxylic acids is 1. The molecule has 0 unspecified atom stereocenters. The van der Waals surface area contributed by atoms with Crippen LogP contribution in [-0.4, -0.2) is 40.6 Å². The van der Waals surface area contributed by atoms with E-state index in [1.54, 1.807) is 23.3 Å². The van der Waals surface area contributed by atoms with Crippen molar-refractivity contribution >= 4 is 15.8 Å². The fourth-order valence-corrected chi connectivity index (χ4v) is 3.85. The minimum absolute atomic E-state index is 0.0401. The number of carboxylic acid groups (broad SMARTS) is 1. The summed E-state index contributed by atoms with van der Waals surface area (Å²) in [6.45, 7) is 0. The Balaban J connectivity index is 2.30. The molecule has 0 atom stereocenters. The van der Waals surface area contributed by atoms with Crippen LogP contribution >= 0.6 is 0 Å². The highest BCUT2D eigenvalue weighted by atomic mass is 32.2. The number of imidazole rings is 1. The summed E-state index contributed by atoms with van der Waals surface area (Å²) in [5.41, 5.74) is -0.645. The van der Waals surface area contributed by atoms with Crippen LogP contribution in [0.4, 0.5) is 0 Å². The second-order valence-corrected chi connectivity index (χ2v) is 6.72. The second kappa shape index (κ2) is 4.14. The van der Waals surface area contributed by atoms with Crippen LogP contribution in [0.3, 0.4) is 0 Å². The van der Waals surface area contributed by atoms with Gasteiger partial charge in [-0.15, -0.1) is 0 Å². The van der Waals surface area contributed by atoms with Gasteiger partial charge in [-0.3, -0.25) is 4.79 Å². The highest BCUT2D eigenvalue weighted by Crippen LogP contribution is 2.34. The molecule has 2 heterocycles. The number of carbonyl (C=O) groups is 1. The van der Waals surface area contributed by atoms with E-state index in [1.807, 2.05) is 0 Å². The topological polar surface area (TPSA) is 89.3 Å². The van der Waals surface area contributed by atoms with Crippen LogP contribution in [0.2, 0.25) is 0 Å². The first-order chi connectivity index (χ1) is 7.94. The van der Waals surface area contributed by atoms with Crippen molar-refractivity contribution in [3.05, 3.63) is 18.7 Å². The number of nitrogens with zero attached hydrogens (tertiary/aromatic N) is 2. The van der Waals surface area contributed by atoms with Gasteiger partial charge >= 0.3 is 5.97 Å². The summed E-state index contributed by atoms with van der Waals surface area (Å²) in [4.78, 5) is 14.9. The average molecular weight is 258 g/mol. The molecule has 94 valence electrons. The van der Waals surface area contributed by atoms with Gasteiger partial charge < -0.3 is 9.67 Å². The van der Waals surface area contributed by atoms with E-state index in [1.165, 1.54) is 0 Å². The highest BCUT2D eigenvalue weighted by Gasteiger charge is 2.40. The Morgan fingerprint density at radius 1 is 1.41 bits per heavy atom.